The molecule has 0 saturated carbocycles. The van der Waals surface area contributed by atoms with Gasteiger partial charge in [-0.25, -0.2) is 8.42 Å². The van der Waals surface area contributed by atoms with Crippen LogP contribution < -0.4 is 4.90 Å². The maximum Gasteiger partial charge on any atom is 0.147 e. The Bertz CT molecular complexity index is 830. The molecule has 1 aliphatic rings. The predicted molar refractivity (Wildman–Crippen MR) is 95.8 cm³/mol. The number of rotatable bonds is 4. The van der Waals surface area contributed by atoms with E-state index in [2.05, 4.69) is 48.9 Å². The van der Waals surface area contributed by atoms with Crippen LogP contribution in [0.2, 0.25) is 0 Å². The van der Waals surface area contributed by atoms with Gasteiger partial charge in [-0.05, 0) is 35.9 Å². The summed E-state index contributed by atoms with van der Waals surface area (Å²) in [4.78, 5) is 6.59. The maximum atomic E-state index is 11.5. The molecular formula is C18H24N2O2S. The molecule has 0 amide bonds. The molecule has 0 aliphatic carbocycles. The second-order valence-electron chi connectivity index (χ2n) is 7.00. The summed E-state index contributed by atoms with van der Waals surface area (Å²) in [5, 5.41) is 2.40. The lowest BCUT2D eigenvalue weighted by Crippen LogP contribution is -2.57. The molecule has 0 unspecified atom stereocenters. The molecule has 1 fully saturated rings. The Morgan fingerprint density at radius 1 is 1.26 bits per heavy atom. The number of sulfone groups is 1. The van der Waals surface area contributed by atoms with Crippen molar-refractivity contribution >= 4 is 26.3 Å². The summed E-state index contributed by atoms with van der Waals surface area (Å²) >= 11 is 0. The van der Waals surface area contributed by atoms with Crippen molar-refractivity contribution in [3.8, 4) is 0 Å². The van der Waals surface area contributed by atoms with E-state index in [0.29, 0.717) is 5.92 Å². The van der Waals surface area contributed by atoms with Crippen molar-refractivity contribution in [1.82, 2.24) is 4.98 Å². The van der Waals surface area contributed by atoms with E-state index >= 15 is 0 Å². The van der Waals surface area contributed by atoms with Gasteiger partial charge in [0.25, 0.3) is 0 Å². The van der Waals surface area contributed by atoms with Gasteiger partial charge in [0.1, 0.15) is 9.84 Å². The number of benzene rings is 1. The SMILES string of the molecule is CC(C)c1ccc(N2C[C@H](CS(C)(=O)=O)[C@H]2C)c2cnccc12. The van der Waals surface area contributed by atoms with E-state index in [4.69, 9.17) is 0 Å². The monoisotopic (exact) mass is 332 g/mol. The average Bonchev–Trinajstić information content (AvgIpc) is 2.49. The molecular weight excluding hydrogens is 308 g/mol. The molecule has 1 saturated heterocycles. The normalized spacial score (nSPS) is 21.7. The van der Waals surface area contributed by atoms with E-state index in [0.717, 1.165) is 17.6 Å². The first-order chi connectivity index (χ1) is 10.8. The van der Waals surface area contributed by atoms with Gasteiger partial charge in [-0.1, -0.05) is 19.9 Å². The van der Waals surface area contributed by atoms with Crippen molar-refractivity contribution in [3.63, 3.8) is 0 Å². The highest BCUT2D eigenvalue weighted by atomic mass is 32.2. The van der Waals surface area contributed by atoms with Crippen molar-refractivity contribution in [1.29, 1.82) is 0 Å². The zero-order chi connectivity index (χ0) is 16.8. The molecule has 2 aromatic rings. The lowest BCUT2D eigenvalue weighted by Gasteiger charge is -2.48. The number of pyridine rings is 1. The Morgan fingerprint density at radius 3 is 2.61 bits per heavy atom. The standard InChI is InChI=1S/C18H24N2O2S/c1-12(2)15-5-6-18(17-9-19-8-7-16(15)17)20-10-14(13(20)3)11-23(4,21)22/h5-9,12-14H,10-11H2,1-4H3/t13-,14-/m1/s1. The number of anilines is 1. The highest BCUT2D eigenvalue weighted by Crippen LogP contribution is 2.38. The topological polar surface area (TPSA) is 50.3 Å². The minimum atomic E-state index is -2.92. The van der Waals surface area contributed by atoms with Gasteiger partial charge in [0, 0.05) is 48.2 Å². The first-order valence-corrected chi connectivity index (χ1v) is 10.1. The largest absolute Gasteiger partial charge is 0.368 e. The molecule has 124 valence electrons. The minimum absolute atomic E-state index is 0.210. The number of aromatic nitrogens is 1. The third kappa shape index (κ3) is 3.07. The Balaban J connectivity index is 1.95. The van der Waals surface area contributed by atoms with E-state index in [9.17, 15) is 8.42 Å². The van der Waals surface area contributed by atoms with Crippen LogP contribution in [0.5, 0.6) is 0 Å². The Labute approximate surface area is 138 Å². The highest BCUT2D eigenvalue weighted by Gasteiger charge is 2.38. The first-order valence-electron chi connectivity index (χ1n) is 8.09. The van der Waals surface area contributed by atoms with Crippen LogP contribution in [0.4, 0.5) is 5.69 Å². The number of hydrogen-bond acceptors (Lipinski definition) is 4. The van der Waals surface area contributed by atoms with Crippen LogP contribution in [-0.4, -0.2) is 38.0 Å². The zero-order valence-electron chi connectivity index (χ0n) is 14.2. The van der Waals surface area contributed by atoms with E-state index < -0.39 is 9.84 Å². The summed E-state index contributed by atoms with van der Waals surface area (Å²) in [6.45, 7) is 7.30. The molecule has 3 rings (SSSR count). The van der Waals surface area contributed by atoms with Gasteiger partial charge in [-0.3, -0.25) is 4.98 Å². The number of hydrogen-bond donors (Lipinski definition) is 0. The molecule has 2 atom stereocenters. The lowest BCUT2D eigenvalue weighted by molar-refractivity contribution is 0.342. The van der Waals surface area contributed by atoms with Crippen molar-refractivity contribution in [2.24, 2.45) is 5.92 Å². The Kier molecular flexibility index (Phi) is 4.08. The summed E-state index contributed by atoms with van der Waals surface area (Å²) in [5.74, 6) is 0.938. The summed E-state index contributed by atoms with van der Waals surface area (Å²) in [6.07, 6.45) is 5.08. The molecule has 0 N–H and O–H groups in total. The fourth-order valence-electron chi connectivity index (χ4n) is 3.54. The number of nitrogens with zero attached hydrogens (tertiary/aromatic N) is 2. The third-order valence-electron chi connectivity index (χ3n) is 4.88. The fraction of sp³-hybridized carbons (Fsp3) is 0.500. The Morgan fingerprint density at radius 2 is 2.00 bits per heavy atom. The first kappa shape index (κ1) is 16.2. The molecule has 0 radical (unpaired) electrons. The van der Waals surface area contributed by atoms with Gasteiger partial charge >= 0.3 is 0 Å². The Hall–Kier alpha value is -1.62. The summed E-state index contributed by atoms with van der Waals surface area (Å²) in [5.41, 5.74) is 2.49. The molecule has 1 aromatic carbocycles. The highest BCUT2D eigenvalue weighted by molar-refractivity contribution is 7.90. The van der Waals surface area contributed by atoms with Crippen molar-refractivity contribution in [2.75, 3.05) is 23.5 Å². The molecule has 23 heavy (non-hydrogen) atoms. The van der Waals surface area contributed by atoms with Crippen molar-refractivity contribution in [3.05, 3.63) is 36.2 Å². The van der Waals surface area contributed by atoms with Crippen LogP contribution >= 0.6 is 0 Å². The fourth-order valence-corrected chi connectivity index (χ4v) is 4.70. The molecule has 4 nitrogen and oxygen atoms in total. The van der Waals surface area contributed by atoms with Gasteiger partial charge in [-0.15, -0.1) is 0 Å². The molecule has 1 aliphatic heterocycles. The van der Waals surface area contributed by atoms with Gasteiger partial charge in [0.2, 0.25) is 0 Å². The quantitative estimate of drug-likeness (QED) is 0.862. The van der Waals surface area contributed by atoms with Crippen molar-refractivity contribution in [2.45, 2.75) is 32.7 Å². The zero-order valence-corrected chi connectivity index (χ0v) is 15.0. The van der Waals surface area contributed by atoms with Gasteiger partial charge < -0.3 is 4.90 Å². The minimum Gasteiger partial charge on any atom is -0.368 e. The van der Waals surface area contributed by atoms with E-state index in [1.165, 1.54) is 17.2 Å². The summed E-state index contributed by atoms with van der Waals surface area (Å²) < 4.78 is 23.1. The molecule has 5 heteroatoms. The van der Waals surface area contributed by atoms with Crippen LogP contribution in [0.25, 0.3) is 10.8 Å². The summed E-state index contributed by atoms with van der Waals surface area (Å²) in [6, 6.07) is 6.66. The second kappa shape index (κ2) is 5.78. The van der Waals surface area contributed by atoms with Crippen LogP contribution in [-0.2, 0) is 9.84 Å². The maximum absolute atomic E-state index is 11.5. The molecule has 2 heterocycles. The van der Waals surface area contributed by atoms with Gasteiger partial charge in [0.05, 0.1) is 5.75 Å². The van der Waals surface area contributed by atoms with Gasteiger partial charge in [0.15, 0.2) is 0 Å². The van der Waals surface area contributed by atoms with Crippen LogP contribution in [0, 0.1) is 5.92 Å². The van der Waals surface area contributed by atoms with Crippen LogP contribution in [0.3, 0.4) is 0 Å². The smallest absolute Gasteiger partial charge is 0.147 e. The van der Waals surface area contributed by atoms with E-state index in [1.54, 1.807) is 0 Å². The average molecular weight is 332 g/mol. The third-order valence-corrected chi connectivity index (χ3v) is 5.92. The molecule has 0 bridgehead atoms. The van der Waals surface area contributed by atoms with Crippen LogP contribution in [0.1, 0.15) is 32.3 Å². The lowest BCUT2D eigenvalue weighted by atomic mass is 9.89. The predicted octanol–water partition coefficient (Wildman–Crippen LogP) is 3.23. The van der Waals surface area contributed by atoms with E-state index in [1.807, 2.05) is 12.4 Å². The van der Waals surface area contributed by atoms with Crippen molar-refractivity contribution < 1.29 is 8.42 Å². The summed E-state index contributed by atoms with van der Waals surface area (Å²) in [7, 11) is -2.92. The number of fused-ring (bicyclic) bond motifs is 1. The molecule has 1 aromatic heterocycles. The van der Waals surface area contributed by atoms with Gasteiger partial charge in [-0.2, -0.15) is 0 Å². The molecule has 0 spiro atoms. The van der Waals surface area contributed by atoms with E-state index in [-0.39, 0.29) is 17.7 Å². The van der Waals surface area contributed by atoms with Crippen LogP contribution in [0.15, 0.2) is 30.6 Å². The second-order valence-corrected chi connectivity index (χ2v) is 9.18.